The summed E-state index contributed by atoms with van der Waals surface area (Å²) in [6, 6.07) is 4.37. The zero-order chi connectivity index (χ0) is 12.3. The topological polar surface area (TPSA) is 66.4 Å². The number of carbonyl (C=O) groups excluding carboxylic acids is 1. The van der Waals surface area contributed by atoms with Gasteiger partial charge in [0.15, 0.2) is 0 Å². The number of carboxylic acid groups (broad SMARTS) is 1. The molecule has 5 heteroatoms. The molecule has 1 unspecified atom stereocenters. The highest BCUT2D eigenvalue weighted by Gasteiger charge is 2.15. The molecule has 2 N–H and O–H groups in total. The molecule has 1 aromatic rings. The van der Waals surface area contributed by atoms with E-state index < -0.39 is 12.0 Å². The molecule has 1 rings (SSSR count). The second-order valence-corrected chi connectivity index (χ2v) is 4.66. The predicted octanol–water partition coefficient (Wildman–Crippen LogP) is 1.80. The van der Waals surface area contributed by atoms with Crippen LogP contribution in [-0.2, 0) is 4.79 Å². The van der Waals surface area contributed by atoms with E-state index in [9.17, 15) is 9.59 Å². The first-order valence-electron chi connectivity index (χ1n) is 4.71. The number of aryl methyl sites for hydroxylation is 1. The number of halogens is 1. The van der Waals surface area contributed by atoms with Crippen LogP contribution >= 0.6 is 22.6 Å². The summed E-state index contributed by atoms with van der Waals surface area (Å²) in [7, 11) is 0. The molecule has 0 radical (unpaired) electrons. The number of aliphatic carboxylic acids is 1. The molecule has 0 aromatic heterocycles. The summed E-state index contributed by atoms with van der Waals surface area (Å²) in [6.45, 7) is 3.38. The maximum atomic E-state index is 11.6. The number of nitrogens with one attached hydrogen (secondary N) is 1. The Labute approximate surface area is 107 Å². The molecule has 0 fully saturated rings. The molecule has 86 valence electrons. The molecule has 0 spiro atoms. The number of hydrogen-bond donors (Lipinski definition) is 2. The minimum atomic E-state index is -1.05. The Morgan fingerprint density at radius 1 is 1.44 bits per heavy atom. The van der Waals surface area contributed by atoms with Crippen molar-refractivity contribution in [1.29, 1.82) is 0 Å². The van der Waals surface area contributed by atoms with Gasteiger partial charge in [0.2, 0.25) is 0 Å². The van der Waals surface area contributed by atoms with Crippen LogP contribution in [0.4, 0.5) is 0 Å². The number of rotatable bonds is 3. The van der Waals surface area contributed by atoms with Crippen LogP contribution in [0.2, 0.25) is 0 Å². The minimum Gasteiger partial charge on any atom is -0.480 e. The van der Waals surface area contributed by atoms with Gasteiger partial charge in [-0.3, -0.25) is 9.59 Å². The molecule has 1 atom stereocenters. The molecule has 1 aromatic carbocycles. The Morgan fingerprint density at radius 3 is 2.56 bits per heavy atom. The van der Waals surface area contributed by atoms with Gasteiger partial charge in [0.1, 0.15) is 6.04 Å². The Morgan fingerprint density at radius 2 is 2.06 bits per heavy atom. The van der Waals surface area contributed by atoms with Gasteiger partial charge in [0, 0.05) is 9.13 Å². The number of amides is 1. The van der Waals surface area contributed by atoms with E-state index in [2.05, 4.69) is 27.9 Å². The highest BCUT2D eigenvalue weighted by Crippen LogP contribution is 2.13. The van der Waals surface area contributed by atoms with Gasteiger partial charge in [0.05, 0.1) is 0 Å². The quantitative estimate of drug-likeness (QED) is 0.829. The summed E-state index contributed by atoms with van der Waals surface area (Å²) >= 11 is 2.13. The minimum absolute atomic E-state index is 0.368. The van der Waals surface area contributed by atoms with E-state index in [1.165, 1.54) is 6.92 Å². The van der Waals surface area contributed by atoms with Crippen LogP contribution in [0.5, 0.6) is 0 Å². The van der Waals surface area contributed by atoms with Gasteiger partial charge in [-0.2, -0.15) is 0 Å². The molecule has 0 saturated heterocycles. The average Bonchev–Trinajstić information content (AvgIpc) is 2.21. The molecule has 0 aliphatic heterocycles. The summed E-state index contributed by atoms with van der Waals surface area (Å²) < 4.78 is 0.980. The Bertz CT molecular complexity index is 431. The van der Waals surface area contributed by atoms with E-state index in [0.29, 0.717) is 5.56 Å². The van der Waals surface area contributed by atoms with Crippen molar-refractivity contribution in [2.75, 3.05) is 0 Å². The second-order valence-electron chi connectivity index (χ2n) is 3.50. The summed E-state index contributed by atoms with van der Waals surface area (Å²) in [5.41, 5.74) is 1.56. The van der Waals surface area contributed by atoms with Crippen LogP contribution in [0.25, 0.3) is 0 Å². The Balaban J connectivity index is 2.81. The van der Waals surface area contributed by atoms with Crippen molar-refractivity contribution < 1.29 is 14.7 Å². The number of carboxylic acids is 1. The van der Waals surface area contributed by atoms with Crippen molar-refractivity contribution in [3.05, 3.63) is 32.9 Å². The maximum Gasteiger partial charge on any atom is 0.325 e. The van der Waals surface area contributed by atoms with Crippen molar-refractivity contribution >= 4 is 34.5 Å². The zero-order valence-electron chi connectivity index (χ0n) is 8.95. The SMILES string of the molecule is Cc1ccc(C(=O)NC(C)C(=O)O)cc1I. The lowest BCUT2D eigenvalue weighted by molar-refractivity contribution is -0.138. The molecule has 16 heavy (non-hydrogen) atoms. The van der Waals surface area contributed by atoms with Gasteiger partial charge in [0.25, 0.3) is 5.91 Å². The highest BCUT2D eigenvalue weighted by atomic mass is 127. The first-order valence-corrected chi connectivity index (χ1v) is 5.79. The van der Waals surface area contributed by atoms with Crippen molar-refractivity contribution in [3.63, 3.8) is 0 Å². The maximum absolute atomic E-state index is 11.6. The fourth-order valence-electron chi connectivity index (χ4n) is 1.08. The van der Waals surface area contributed by atoms with Gasteiger partial charge in [-0.15, -0.1) is 0 Å². The molecule has 0 aliphatic carbocycles. The third-order valence-corrected chi connectivity index (χ3v) is 3.31. The van der Waals surface area contributed by atoms with Crippen LogP contribution < -0.4 is 5.32 Å². The molecule has 1 amide bonds. The van der Waals surface area contributed by atoms with Gasteiger partial charge < -0.3 is 10.4 Å². The number of hydrogen-bond acceptors (Lipinski definition) is 2. The van der Waals surface area contributed by atoms with E-state index >= 15 is 0 Å². The monoisotopic (exact) mass is 333 g/mol. The summed E-state index contributed by atoms with van der Waals surface area (Å²) in [5, 5.41) is 11.1. The molecule has 0 bridgehead atoms. The fourth-order valence-corrected chi connectivity index (χ4v) is 1.59. The van der Waals surface area contributed by atoms with Crippen molar-refractivity contribution in [2.24, 2.45) is 0 Å². The Hall–Kier alpha value is -1.11. The smallest absolute Gasteiger partial charge is 0.325 e. The standard InChI is InChI=1S/C11H12INO3/c1-6-3-4-8(5-9(6)12)10(14)13-7(2)11(15)16/h3-5,7H,1-2H3,(H,13,14)(H,15,16). The van der Waals surface area contributed by atoms with E-state index in [4.69, 9.17) is 5.11 Å². The van der Waals surface area contributed by atoms with Gasteiger partial charge >= 0.3 is 5.97 Å². The zero-order valence-corrected chi connectivity index (χ0v) is 11.1. The summed E-state index contributed by atoms with van der Waals surface area (Å²) in [5.74, 6) is -1.41. The largest absolute Gasteiger partial charge is 0.480 e. The van der Waals surface area contributed by atoms with Crippen LogP contribution in [0.1, 0.15) is 22.8 Å². The van der Waals surface area contributed by atoms with Crippen molar-refractivity contribution in [2.45, 2.75) is 19.9 Å². The number of carbonyl (C=O) groups is 2. The summed E-state index contributed by atoms with van der Waals surface area (Å²) in [6.07, 6.45) is 0. The average molecular weight is 333 g/mol. The van der Waals surface area contributed by atoms with Crippen LogP contribution in [0, 0.1) is 10.5 Å². The van der Waals surface area contributed by atoms with Gasteiger partial charge in [-0.1, -0.05) is 6.07 Å². The van der Waals surface area contributed by atoms with Gasteiger partial charge in [-0.25, -0.2) is 0 Å². The normalized spacial score (nSPS) is 11.9. The predicted molar refractivity (Wildman–Crippen MR) is 68.5 cm³/mol. The Kier molecular flexibility index (Phi) is 4.28. The van der Waals surface area contributed by atoms with E-state index in [-0.39, 0.29) is 5.91 Å². The van der Waals surface area contributed by atoms with Crippen molar-refractivity contribution in [1.82, 2.24) is 5.32 Å². The van der Waals surface area contributed by atoms with Crippen LogP contribution in [-0.4, -0.2) is 23.0 Å². The first-order chi connectivity index (χ1) is 7.41. The lowest BCUT2D eigenvalue weighted by Gasteiger charge is -2.09. The van der Waals surface area contributed by atoms with Crippen molar-refractivity contribution in [3.8, 4) is 0 Å². The summed E-state index contributed by atoms with van der Waals surface area (Å²) in [4.78, 5) is 22.2. The molecular formula is C11H12INO3. The molecule has 4 nitrogen and oxygen atoms in total. The highest BCUT2D eigenvalue weighted by molar-refractivity contribution is 14.1. The fraction of sp³-hybridized carbons (Fsp3) is 0.273. The lowest BCUT2D eigenvalue weighted by Crippen LogP contribution is -2.38. The number of benzene rings is 1. The third kappa shape index (κ3) is 3.19. The van der Waals surface area contributed by atoms with E-state index in [1.807, 2.05) is 13.0 Å². The van der Waals surface area contributed by atoms with Crippen LogP contribution in [0.15, 0.2) is 18.2 Å². The van der Waals surface area contributed by atoms with E-state index in [0.717, 1.165) is 9.13 Å². The second kappa shape index (κ2) is 5.29. The van der Waals surface area contributed by atoms with E-state index in [1.54, 1.807) is 12.1 Å². The molecular weight excluding hydrogens is 321 g/mol. The third-order valence-electron chi connectivity index (χ3n) is 2.15. The molecule has 0 saturated carbocycles. The lowest BCUT2D eigenvalue weighted by atomic mass is 10.1. The molecule has 0 heterocycles. The van der Waals surface area contributed by atoms with Crippen LogP contribution in [0.3, 0.4) is 0 Å². The van der Waals surface area contributed by atoms with Gasteiger partial charge in [-0.05, 0) is 54.1 Å². The molecule has 0 aliphatic rings. The first kappa shape index (κ1) is 13.0.